The van der Waals surface area contributed by atoms with Crippen LogP contribution in [0.3, 0.4) is 0 Å². The zero-order chi connectivity index (χ0) is 31.3. The number of piperidine rings is 2. The van der Waals surface area contributed by atoms with Crippen molar-refractivity contribution >= 4 is 11.3 Å². The number of rotatable bonds is 11. The molecule has 0 bridgehead atoms. The van der Waals surface area contributed by atoms with Crippen LogP contribution in [0, 0.1) is 5.92 Å². The second kappa shape index (κ2) is 17.9. The van der Waals surface area contributed by atoms with Crippen molar-refractivity contribution in [2.24, 2.45) is 5.92 Å². The normalized spacial score (nSPS) is 20.2. The molecule has 0 amide bonds. The monoisotopic (exact) mass is 601 g/mol. The van der Waals surface area contributed by atoms with Crippen LogP contribution in [0.2, 0.25) is 0 Å². The van der Waals surface area contributed by atoms with Crippen molar-refractivity contribution in [1.29, 1.82) is 0 Å². The first-order valence-corrected chi connectivity index (χ1v) is 18.1. The van der Waals surface area contributed by atoms with E-state index in [0.29, 0.717) is 0 Å². The number of allylic oxidation sites excluding steroid dienone is 4. The maximum Gasteiger partial charge on any atom is 0.0938 e. The fraction of sp³-hybridized carbons (Fsp3) is 0.650. The lowest BCUT2D eigenvalue weighted by Crippen LogP contribution is -2.47. The van der Waals surface area contributed by atoms with Crippen LogP contribution in [0.15, 0.2) is 60.5 Å². The van der Waals surface area contributed by atoms with Gasteiger partial charge in [-0.15, -0.1) is 0 Å². The summed E-state index contributed by atoms with van der Waals surface area (Å²) in [5.74, 6) is 2.02. The molecule has 1 N–H and O–H groups in total. The van der Waals surface area contributed by atoms with E-state index in [1.54, 1.807) is 0 Å². The van der Waals surface area contributed by atoms with Gasteiger partial charge in [0.1, 0.15) is 0 Å². The molecule has 0 unspecified atom stereocenters. The highest BCUT2D eigenvalue weighted by Crippen LogP contribution is 2.32. The molecule has 1 aromatic carbocycles. The Morgan fingerprint density at radius 2 is 1.57 bits per heavy atom. The van der Waals surface area contributed by atoms with Crippen LogP contribution in [0.4, 0.5) is 5.69 Å². The van der Waals surface area contributed by atoms with Crippen molar-refractivity contribution in [1.82, 2.24) is 15.1 Å². The lowest BCUT2D eigenvalue weighted by Gasteiger charge is -2.41. The average molecular weight is 601 g/mol. The largest absolute Gasteiger partial charge is 0.377 e. The SMILES string of the molecule is C=C(CC)c1ccc(CC2CCCCC2)c(N(C)C)c1.C=C(NCCC1=CCCC=C1C)N1CCC(N2CCCCC2)CC1. The number of benzene rings is 1. The standard InChI is InChI=1S/C21H35N3.C19H29N/c1-18-8-4-5-9-20(18)10-13-22-19(2)23-16-11-21(12-17-23)24-14-6-3-7-15-24;1-5-15(2)17-11-12-18(19(14-17)20(3)4)13-16-9-7-6-8-10-16/h8-9,21-22H,2-7,10-17H2,1H3;11-12,14,16H,2,5-10,13H2,1,3-4H3. The molecule has 44 heavy (non-hydrogen) atoms. The molecular weight excluding hydrogens is 536 g/mol. The molecule has 4 aliphatic rings. The van der Waals surface area contributed by atoms with Crippen LogP contribution in [0.25, 0.3) is 5.57 Å². The molecule has 3 fully saturated rings. The third-order valence-corrected chi connectivity index (χ3v) is 10.6. The number of nitrogens with zero attached hydrogens (tertiary/aromatic N) is 3. The number of nitrogens with one attached hydrogen (secondary N) is 1. The molecule has 4 nitrogen and oxygen atoms in total. The Balaban J connectivity index is 0.000000204. The minimum atomic E-state index is 0.814. The highest BCUT2D eigenvalue weighted by molar-refractivity contribution is 5.69. The Morgan fingerprint density at radius 1 is 0.886 bits per heavy atom. The smallest absolute Gasteiger partial charge is 0.0938 e. The van der Waals surface area contributed by atoms with Gasteiger partial charge in [-0.2, -0.15) is 0 Å². The second-order valence-corrected chi connectivity index (χ2v) is 14.0. The van der Waals surface area contributed by atoms with Crippen molar-refractivity contribution < 1.29 is 0 Å². The first-order chi connectivity index (χ1) is 21.4. The summed E-state index contributed by atoms with van der Waals surface area (Å²) in [4.78, 5) is 7.45. The molecule has 0 spiro atoms. The number of hydrogen-bond acceptors (Lipinski definition) is 4. The predicted octanol–water partition coefficient (Wildman–Crippen LogP) is 9.35. The molecule has 0 radical (unpaired) electrons. The topological polar surface area (TPSA) is 21.8 Å². The van der Waals surface area contributed by atoms with Crippen molar-refractivity contribution in [2.75, 3.05) is 51.7 Å². The molecule has 2 heterocycles. The Morgan fingerprint density at radius 3 is 2.23 bits per heavy atom. The highest BCUT2D eigenvalue weighted by Gasteiger charge is 2.26. The molecule has 244 valence electrons. The van der Waals surface area contributed by atoms with Crippen LogP contribution in [0.1, 0.15) is 115 Å². The Labute approximate surface area is 271 Å². The third-order valence-electron chi connectivity index (χ3n) is 10.6. The van der Waals surface area contributed by atoms with Gasteiger partial charge in [0.05, 0.1) is 5.82 Å². The van der Waals surface area contributed by atoms with E-state index >= 15 is 0 Å². The molecule has 0 aromatic heterocycles. The van der Waals surface area contributed by atoms with Gasteiger partial charge in [0, 0.05) is 45.5 Å². The molecule has 4 heteroatoms. The minimum absolute atomic E-state index is 0.814. The number of anilines is 1. The third kappa shape index (κ3) is 10.3. The summed E-state index contributed by atoms with van der Waals surface area (Å²) >= 11 is 0. The molecule has 2 aliphatic heterocycles. The van der Waals surface area contributed by atoms with Gasteiger partial charge in [-0.1, -0.05) is 88.5 Å². The summed E-state index contributed by atoms with van der Waals surface area (Å²) in [6.45, 7) is 18.8. The molecule has 2 saturated heterocycles. The summed E-state index contributed by atoms with van der Waals surface area (Å²) in [5.41, 5.74) is 8.40. The second-order valence-electron chi connectivity index (χ2n) is 14.0. The summed E-state index contributed by atoms with van der Waals surface area (Å²) in [6.07, 6.45) is 24.5. The fourth-order valence-electron chi connectivity index (χ4n) is 7.67. The average Bonchev–Trinajstić information content (AvgIpc) is 3.06. The van der Waals surface area contributed by atoms with Crippen molar-refractivity contribution in [2.45, 2.75) is 116 Å². The minimum Gasteiger partial charge on any atom is -0.377 e. The van der Waals surface area contributed by atoms with E-state index in [-0.39, 0.29) is 0 Å². The first kappa shape index (κ1) is 34.4. The first-order valence-electron chi connectivity index (χ1n) is 18.1. The summed E-state index contributed by atoms with van der Waals surface area (Å²) in [7, 11) is 4.30. The van der Waals surface area contributed by atoms with E-state index in [0.717, 1.165) is 50.3 Å². The van der Waals surface area contributed by atoms with Crippen LogP contribution in [-0.2, 0) is 6.42 Å². The molecule has 1 saturated carbocycles. The van der Waals surface area contributed by atoms with E-state index in [2.05, 4.69) is 91.5 Å². The quantitative estimate of drug-likeness (QED) is 0.273. The van der Waals surface area contributed by atoms with Gasteiger partial charge < -0.3 is 20.0 Å². The highest BCUT2D eigenvalue weighted by atomic mass is 15.3. The van der Waals surface area contributed by atoms with Gasteiger partial charge in [-0.25, -0.2) is 0 Å². The molecular formula is C40H64N4. The van der Waals surface area contributed by atoms with E-state index in [1.807, 2.05) is 0 Å². The van der Waals surface area contributed by atoms with Gasteiger partial charge in [0.2, 0.25) is 0 Å². The molecule has 2 aliphatic carbocycles. The maximum absolute atomic E-state index is 4.28. The lowest BCUT2D eigenvalue weighted by molar-refractivity contribution is 0.103. The molecule has 5 rings (SSSR count). The molecule has 1 aromatic rings. The lowest BCUT2D eigenvalue weighted by atomic mass is 9.84. The zero-order valence-corrected chi connectivity index (χ0v) is 28.9. The van der Waals surface area contributed by atoms with Crippen LogP contribution in [-0.4, -0.2) is 62.7 Å². The van der Waals surface area contributed by atoms with Crippen molar-refractivity contribution in [3.63, 3.8) is 0 Å². The van der Waals surface area contributed by atoms with Crippen LogP contribution >= 0.6 is 0 Å². The van der Waals surface area contributed by atoms with Crippen LogP contribution in [0.5, 0.6) is 0 Å². The van der Waals surface area contributed by atoms with Gasteiger partial charge in [-0.3, -0.25) is 0 Å². The number of hydrogen-bond donors (Lipinski definition) is 1. The van der Waals surface area contributed by atoms with E-state index in [4.69, 9.17) is 0 Å². The summed E-state index contributed by atoms with van der Waals surface area (Å²) < 4.78 is 0. The van der Waals surface area contributed by atoms with E-state index < -0.39 is 0 Å². The zero-order valence-electron chi connectivity index (χ0n) is 28.9. The Kier molecular flexibility index (Phi) is 14.0. The Hall–Kier alpha value is -2.46. The Bertz CT molecular complexity index is 1110. The predicted molar refractivity (Wildman–Crippen MR) is 193 cm³/mol. The molecule has 0 atom stereocenters. The van der Waals surface area contributed by atoms with Gasteiger partial charge in [0.25, 0.3) is 0 Å². The van der Waals surface area contributed by atoms with E-state index in [1.165, 1.54) is 130 Å². The van der Waals surface area contributed by atoms with E-state index in [9.17, 15) is 0 Å². The van der Waals surface area contributed by atoms with Gasteiger partial charge in [-0.05, 0) is 112 Å². The van der Waals surface area contributed by atoms with Gasteiger partial charge in [0.15, 0.2) is 0 Å². The number of likely N-dealkylation sites (tertiary alicyclic amines) is 2. The van der Waals surface area contributed by atoms with Crippen LogP contribution < -0.4 is 10.2 Å². The van der Waals surface area contributed by atoms with Crippen molar-refractivity contribution in [3.8, 4) is 0 Å². The summed E-state index contributed by atoms with van der Waals surface area (Å²) in [5, 5.41) is 3.56. The van der Waals surface area contributed by atoms with Gasteiger partial charge >= 0.3 is 0 Å². The fourth-order valence-corrected chi connectivity index (χ4v) is 7.67. The summed E-state index contributed by atoms with van der Waals surface area (Å²) in [6, 6.07) is 7.73. The maximum atomic E-state index is 4.28. The van der Waals surface area contributed by atoms with Crippen molar-refractivity contribution in [3.05, 3.63) is 71.6 Å².